The van der Waals surface area contributed by atoms with Crippen LogP contribution in [0.4, 0.5) is 17.1 Å². The average molecular weight is 362 g/mol. The average Bonchev–Trinajstić information content (AvgIpc) is 2.61. The van der Waals surface area contributed by atoms with Gasteiger partial charge in [0.15, 0.2) is 0 Å². The molecule has 0 radical (unpaired) electrons. The summed E-state index contributed by atoms with van der Waals surface area (Å²) in [6, 6.07) is 12.5. The topological polar surface area (TPSA) is 18.8 Å². The molecule has 0 saturated heterocycles. The molecule has 2 rings (SSSR count). The van der Waals surface area contributed by atoms with Gasteiger partial charge in [0.25, 0.3) is 0 Å². The van der Waals surface area contributed by atoms with E-state index < -0.39 is 0 Å². The molecule has 0 fully saturated rings. The summed E-state index contributed by atoms with van der Waals surface area (Å²) in [4.78, 5) is 9.90. The molecule has 0 N–H and O–H groups in total. The highest BCUT2D eigenvalue weighted by Gasteiger charge is 2.11. The summed E-state index contributed by atoms with van der Waals surface area (Å²) in [5.74, 6) is 0. The first-order chi connectivity index (χ1) is 11.5. The molecule has 0 spiro atoms. The summed E-state index contributed by atoms with van der Waals surface area (Å²) in [6.07, 6.45) is 3.89. The van der Waals surface area contributed by atoms with Crippen molar-refractivity contribution in [3.05, 3.63) is 47.0 Å². The molecule has 0 aromatic heterocycles. The number of hydrogen-bond acceptors (Lipinski definition) is 3. The van der Waals surface area contributed by atoms with E-state index in [4.69, 9.17) is 11.6 Å². The molecule has 0 aliphatic rings. The molecule has 0 heterocycles. The Kier molecular flexibility index (Phi) is 6.58. The third-order valence-corrected chi connectivity index (χ3v) is 5.03. The van der Waals surface area contributed by atoms with E-state index >= 15 is 0 Å². The van der Waals surface area contributed by atoms with E-state index in [9.17, 15) is 0 Å². The van der Waals surface area contributed by atoms with Gasteiger partial charge in [-0.1, -0.05) is 11.6 Å². The summed E-state index contributed by atoms with van der Waals surface area (Å²) in [7, 11) is 4.05. The van der Waals surface area contributed by atoms with Crippen molar-refractivity contribution < 1.29 is 0 Å². The van der Waals surface area contributed by atoms with Crippen molar-refractivity contribution in [3.8, 4) is 0 Å². The van der Waals surface area contributed by atoms with Crippen LogP contribution in [0.25, 0.3) is 0 Å². The lowest BCUT2D eigenvalue weighted by molar-refractivity contribution is 0.552. The van der Waals surface area contributed by atoms with Crippen molar-refractivity contribution in [1.29, 1.82) is 0 Å². The zero-order chi connectivity index (χ0) is 17.7. The zero-order valence-electron chi connectivity index (χ0n) is 14.9. The maximum Gasteiger partial charge on any atom is 0.0910 e. The lowest BCUT2D eigenvalue weighted by Crippen LogP contribution is -2.14. The smallest absolute Gasteiger partial charge is 0.0910 e. The van der Waals surface area contributed by atoms with Gasteiger partial charge in [0.05, 0.1) is 17.0 Å². The zero-order valence-corrected chi connectivity index (χ0v) is 16.4. The first kappa shape index (κ1) is 18.7. The van der Waals surface area contributed by atoms with E-state index in [2.05, 4.69) is 61.3 Å². The molecule has 2 aromatic carbocycles. The first-order valence-electron chi connectivity index (χ1n) is 7.88. The van der Waals surface area contributed by atoms with Crippen molar-refractivity contribution in [2.24, 2.45) is 4.99 Å². The van der Waals surface area contributed by atoms with E-state index in [1.165, 1.54) is 4.90 Å². The third-order valence-electron chi connectivity index (χ3n) is 3.98. The lowest BCUT2D eigenvalue weighted by Gasteiger charge is -2.22. The number of aryl methyl sites for hydroxylation is 1. The fourth-order valence-corrected chi connectivity index (χ4v) is 2.92. The summed E-state index contributed by atoms with van der Waals surface area (Å²) in [5.41, 5.74) is 4.15. The fraction of sp³-hybridized carbons (Fsp3) is 0.316. The van der Waals surface area contributed by atoms with Crippen LogP contribution in [0.1, 0.15) is 12.5 Å². The third kappa shape index (κ3) is 4.46. The van der Waals surface area contributed by atoms with Crippen LogP contribution in [-0.4, -0.2) is 38.1 Å². The molecular formula is C19H24ClN3S. The van der Waals surface area contributed by atoms with Crippen molar-refractivity contribution in [2.75, 3.05) is 31.8 Å². The number of anilines is 2. The number of benzene rings is 2. The minimum Gasteiger partial charge on any atom is -0.366 e. The lowest BCUT2D eigenvalue weighted by atomic mass is 10.1. The van der Waals surface area contributed by atoms with Gasteiger partial charge in [0, 0.05) is 36.9 Å². The van der Waals surface area contributed by atoms with Crippen LogP contribution in [0.5, 0.6) is 0 Å². The molecular weight excluding hydrogens is 338 g/mol. The molecule has 0 aliphatic heterocycles. The number of thioether (sulfide) groups is 1. The molecule has 0 bridgehead atoms. The SMILES string of the molecule is CCN(C)/C=N\c1cc(C)c(N(C)c2ccc(SC)cc2)cc1Cl. The van der Waals surface area contributed by atoms with Gasteiger partial charge in [-0.2, -0.15) is 0 Å². The van der Waals surface area contributed by atoms with E-state index in [0.29, 0.717) is 5.02 Å². The van der Waals surface area contributed by atoms with E-state index in [-0.39, 0.29) is 0 Å². The van der Waals surface area contributed by atoms with Gasteiger partial charge in [-0.05, 0) is 62.1 Å². The molecule has 2 aromatic rings. The Balaban J connectivity index is 2.30. The van der Waals surface area contributed by atoms with Crippen LogP contribution in [0, 0.1) is 6.92 Å². The number of nitrogens with zero attached hydrogens (tertiary/aromatic N) is 3. The minimum absolute atomic E-state index is 0.656. The van der Waals surface area contributed by atoms with Crippen LogP contribution in [0.15, 0.2) is 46.3 Å². The van der Waals surface area contributed by atoms with Crippen molar-refractivity contribution in [1.82, 2.24) is 4.90 Å². The standard InChI is InChI=1S/C19H24ClN3S/c1-6-22(3)13-21-18-11-14(2)19(12-17(18)20)23(4)15-7-9-16(24-5)10-8-15/h7-13H,6H2,1-5H3/b21-13-. The van der Waals surface area contributed by atoms with E-state index in [1.807, 2.05) is 30.4 Å². The largest absolute Gasteiger partial charge is 0.366 e. The van der Waals surface area contributed by atoms with Crippen molar-refractivity contribution in [2.45, 2.75) is 18.7 Å². The summed E-state index contributed by atoms with van der Waals surface area (Å²) in [6.45, 7) is 5.08. The normalized spacial score (nSPS) is 11.1. The van der Waals surface area contributed by atoms with Crippen LogP contribution < -0.4 is 4.90 Å². The molecule has 0 saturated carbocycles. The second kappa shape index (κ2) is 8.45. The molecule has 0 unspecified atom stereocenters. The van der Waals surface area contributed by atoms with Gasteiger partial charge < -0.3 is 9.80 Å². The predicted octanol–water partition coefficient (Wildman–Crippen LogP) is 5.75. The Hall–Kier alpha value is -1.65. The number of hydrogen-bond donors (Lipinski definition) is 0. The molecule has 3 nitrogen and oxygen atoms in total. The Morgan fingerprint density at radius 1 is 1.17 bits per heavy atom. The number of halogens is 1. The Labute approximate surface area is 154 Å². The highest BCUT2D eigenvalue weighted by molar-refractivity contribution is 7.98. The van der Waals surface area contributed by atoms with Gasteiger partial charge in [0.1, 0.15) is 0 Å². The summed E-state index contributed by atoms with van der Waals surface area (Å²) in [5, 5.41) is 0.656. The molecule has 24 heavy (non-hydrogen) atoms. The van der Waals surface area contributed by atoms with Crippen molar-refractivity contribution in [3.63, 3.8) is 0 Å². The molecule has 5 heteroatoms. The Morgan fingerprint density at radius 2 is 1.83 bits per heavy atom. The monoisotopic (exact) mass is 361 g/mol. The fourth-order valence-electron chi connectivity index (χ4n) is 2.30. The van der Waals surface area contributed by atoms with Crippen molar-refractivity contribution >= 4 is 46.8 Å². The maximum absolute atomic E-state index is 6.44. The predicted molar refractivity (Wildman–Crippen MR) is 109 cm³/mol. The van der Waals surface area contributed by atoms with Gasteiger partial charge in [-0.3, -0.25) is 0 Å². The van der Waals surface area contributed by atoms with Crippen LogP contribution in [0.3, 0.4) is 0 Å². The van der Waals surface area contributed by atoms with Gasteiger partial charge in [0.2, 0.25) is 0 Å². The van der Waals surface area contributed by atoms with Crippen LogP contribution in [0.2, 0.25) is 5.02 Å². The molecule has 0 amide bonds. The van der Waals surface area contributed by atoms with E-state index in [0.717, 1.165) is 29.2 Å². The maximum atomic E-state index is 6.44. The van der Waals surface area contributed by atoms with Crippen LogP contribution in [-0.2, 0) is 0 Å². The highest BCUT2D eigenvalue weighted by atomic mass is 35.5. The minimum atomic E-state index is 0.656. The highest BCUT2D eigenvalue weighted by Crippen LogP contribution is 2.35. The van der Waals surface area contributed by atoms with Crippen LogP contribution >= 0.6 is 23.4 Å². The molecule has 0 aliphatic carbocycles. The van der Waals surface area contributed by atoms with Gasteiger partial charge >= 0.3 is 0 Å². The number of rotatable bonds is 6. The molecule has 0 atom stereocenters. The summed E-state index contributed by atoms with van der Waals surface area (Å²) < 4.78 is 0. The second-order valence-electron chi connectivity index (χ2n) is 5.66. The number of aliphatic imine (C=N–C) groups is 1. The van der Waals surface area contributed by atoms with E-state index in [1.54, 1.807) is 11.8 Å². The summed E-state index contributed by atoms with van der Waals surface area (Å²) >= 11 is 8.19. The molecule has 128 valence electrons. The second-order valence-corrected chi connectivity index (χ2v) is 6.95. The quantitative estimate of drug-likeness (QED) is 0.371. The first-order valence-corrected chi connectivity index (χ1v) is 9.49. The Morgan fingerprint density at radius 3 is 2.42 bits per heavy atom. The van der Waals surface area contributed by atoms with Gasteiger partial charge in [-0.25, -0.2) is 4.99 Å². The Bertz CT molecular complexity index is 713. The van der Waals surface area contributed by atoms with Gasteiger partial charge in [-0.15, -0.1) is 11.8 Å².